The number of nitrogens with zero attached hydrogens (tertiary/aromatic N) is 1. The van der Waals surface area contributed by atoms with E-state index in [1.165, 1.54) is 12.0 Å². The normalized spacial score (nSPS) is 10.9. The Morgan fingerprint density at radius 2 is 2.42 bits per heavy atom. The lowest BCUT2D eigenvalue weighted by Crippen LogP contribution is -2.23. The van der Waals surface area contributed by atoms with Crippen molar-refractivity contribution in [2.45, 2.75) is 32.7 Å². The molecule has 0 bridgehead atoms. The van der Waals surface area contributed by atoms with Crippen LogP contribution in [0.1, 0.15) is 25.8 Å². The van der Waals surface area contributed by atoms with Crippen LogP contribution >= 0.6 is 0 Å². The number of hydrogen-bond acceptors (Lipinski definition) is 2. The van der Waals surface area contributed by atoms with Crippen molar-refractivity contribution in [2.75, 3.05) is 6.54 Å². The molecular weight excluding hydrogens is 150 g/mol. The quantitative estimate of drug-likeness (QED) is 0.650. The molecular formula is C9H17N3. The van der Waals surface area contributed by atoms with Crippen LogP contribution in [0.15, 0.2) is 12.4 Å². The van der Waals surface area contributed by atoms with Crippen molar-refractivity contribution in [3.05, 3.63) is 18.0 Å². The highest BCUT2D eigenvalue weighted by molar-refractivity contribution is 5.01. The average molecular weight is 167 g/mol. The zero-order valence-corrected chi connectivity index (χ0v) is 7.80. The van der Waals surface area contributed by atoms with Gasteiger partial charge in [-0.2, -0.15) is 5.10 Å². The first-order valence-corrected chi connectivity index (χ1v) is 4.50. The molecule has 0 aliphatic carbocycles. The Labute approximate surface area is 73.6 Å². The predicted octanol–water partition coefficient (Wildman–Crippen LogP) is 1.34. The molecule has 0 saturated heterocycles. The van der Waals surface area contributed by atoms with Crippen LogP contribution < -0.4 is 5.32 Å². The lowest BCUT2D eigenvalue weighted by molar-refractivity contribution is 0.570. The summed E-state index contributed by atoms with van der Waals surface area (Å²) in [6.07, 6.45) is 6.12. The number of H-pyrrole nitrogens is 1. The number of aryl methyl sites for hydroxylation is 1. The summed E-state index contributed by atoms with van der Waals surface area (Å²) < 4.78 is 0. The van der Waals surface area contributed by atoms with E-state index in [1.54, 1.807) is 0 Å². The van der Waals surface area contributed by atoms with Crippen LogP contribution in [-0.4, -0.2) is 22.8 Å². The van der Waals surface area contributed by atoms with Crippen molar-refractivity contribution in [1.29, 1.82) is 0 Å². The summed E-state index contributed by atoms with van der Waals surface area (Å²) in [6, 6.07) is 0.592. The van der Waals surface area contributed by atoms with E-state index in [2.05, 4.69) is 29.4 Å². The molecule has 0 aliphatic rings. The van der Waals surface area contributed by atoms with Gasteiger partial charge in [0.15, 0.2) is 0 Å². The zero-order chi connectivity index (χ0) is 8.81. The van der Waals surface area contributed by atoms with Crippen molar-refractivity contribution in [3.8, 4) is 0 Å². The second kappa shape index (κ2) is 4.93. The SMILES string of the molecule is CC(C)NCCCc1cn[nH]c1. The van der Waals surface area contributed by atoms with Gasteiger partial charge in [-0.1, -0.05) is 13.8 Å². The molecule has 0 spiro atoms. The zero-order valence-electron chi connectivity index (χ0n) is 7.80. The number of nitrogens with one attached hydrogen (secondary N) is 2. The molecule has 0 saturated carbocycles. The van der Waals surface area contributed by atoms with Crippen LogP contribution in [0.25, 0.3) is 0 Å². The Hall–Kier alpha value is -0.830. The van der Waals surface area contributed by atoms with Gasteiger partial charge in [0.2, 0.25) is 0 Å². The molecule has 1 rings (SSSR count). The molecule has 68 valence electrons. The third kappa shape index (κ3) is 3.53. The van der Waals surface area contributed by atoms with Gasteiger partial charge in [-0.05, 0) is 24.9 Å². The van der Waals surface area contributed by atoms with Gasteiger partial charge >= 0.3 is 0 Å². The van der Waals surface area contributed by atoms with Crippen molar-refractivity contribution in [2.24, 2.45) is 0 Å². The van der Waals surface area contributed by atoms with E-state index in [0.29, 0.717) is 6.04 Å². The van der Waals surface area contributed by atoms with E-state index in [1.807, 2.05) is 12.4 Å². The Kier molecular flexibility index (Phi) is 3.80. The van der Waals surface area contributed by atoms with Crippen LogP contribution in [0, 0.1) is 0 Å². The Morgan fingerprint density at radius 3 is 3.00 bits per heavy atom. The Morgan fingerprint density at radius 1 is 1.58 bits per heavy atom. The maximum atomic E-state index is 3.89. The molecule has 1 heterocycles. The van der Waals surface area contributed by atoms with Gasteiger partial charge in [0.25, 0.3) is 0 Å². The highest BCUT2D eigenvalue weighted by atomic mass is 15.1. The highest BCUT2D eigenvalue weighted by Gasteiger charge is 1.94. The van der Waals surface area contributed by atoms with E-state index in [0.717, 1.165) is 13.0 Å². The minimum Gasteiger partial charge on any atom is -0.315 e. The fourth-order valence-corrected chi connectivity index (χ4v) is 1.10. The van der Waals surface area contributed by atoms with Crippen LogP contribution in [0.3, 0.4) is 0 Å². The van der Waals surface area contributed by atoms with E-state index in [9.17, 15) is 0 Å². The molecule has 0 fully saturated rings. The van der Waals surface area contributed by atoms with Crippen molar-refractivity contribution >= 4 is 0 Å². The first-order chi connectivity index (χ1) is 5.79. The molecule has 0 radical (unpaired) electrons. The van der Waals surface area contributed by atoms with E-state index < -0.39 is 0 Å². The largest absolute Gasteiger partial charge is 0.315 e. The molecule has 3 nitrogen and oxygen atoms in total. The minimum absolute atomic E-state index is 0.592. The number of rotatable bonds is 5. The molecule has 0 aromatic carbocycles. The van der Waals surface area contributed by atoms with Crippen LogP contribution in [0.5, 0.6) is 0 Å². The summed E-state index contributed by atoms with van der Waals surface area (Å²) in [5.41, 5.74) is 1.29. The van der Waals surface area contributed by atoms with Gasteiger partial charge in [-0.25, -0.2) is 0 Å². The Balaban J connectivity index is 2.04. The average Bonchev–Trinajstić information content (AvgIpc) is 2.49. The minimum atomic E-state index is 0.592. The van der Waals surface area contributed by atoms with Crippen LogP contribution in [0.2, 0.25) is 0 Å². The molecule has 0 unspecified atom stereocenters. The van der Waals surface area contributed by atoms with E-state index in [4.69, 9.17) is 0 Å². The molecule has 2 N–H and O–H groups in total. The second-order valence-electron chi connectivity index (χ2n) is 3.32. The number of hydrogen-bond donors (Lipinski definition) is 2. The molecule has 0 atom stereocenters. The maximum absolute atomic E-state index is 3.89. The van der Waals surface area contributed by atoms with Gasteiger partial charge in [0.1, 0.15) is 0 Å². The fourth-order valence-electron chi connectivity index (χ4n) is 1.10. The van der Waals surface area contributed by atoms with Crippen molar-refractivity contribution < 1.29 is 0 Å². The molecule has 1 aromatic heterocycles. The van der Waals surface area contributed by atoms with Gasteiger partial charge in [0.05, 0.1) is 6.20 Å². The van der Waals surface area contributed by atoms with Crippen LogP contribution in [0.4, 0.5) is 0 Å². The maximum Gasteiger partial charge on any atom is 0.0519 e. The first-order valence-electron chi connectivity index (χ1n) is 4.50. The highest BCUT2D eigenvalue weighted by Crippen LogP contribution is 1.97. The van der Waals surface area contributed by atoms with E-state index >= 15 is 0 Å². The Bertz CT molecular complexity index is 192. The standard InChI is InChI=1S/C9H17N3/c1-8(2)10-5-3-4-9-6-11-12-7-9/h6-8,10H,3-5H2,1-2H3,(H,11,12). The monoisotopic (exact) mass is 167 g/mol. The molecule has 0 amide bonds. The second-order valence-corrected chi connectivity index (χ2v) is 3.32. The summed E-state index contributed by atoms with van der Waals surface area (Å²) in [5.74, 6) is 0. The number of aromatic amines is 1. The van der Waals surface area contributed by atoms with Crippen molar-refractivity contribution in [1.82, 2.24) is 15.5 Å². The molecule has 12 heavy (non-hydrogen) atoms. The summed E-state index contributed by atoms with van der Waals surface area (Å²) in [7, 11) is 0. The summed E-state index contributed by atoms with van der Waals surface area (Å²) in [6.45, 7) is 5.42. The number of aromatic nitrogens is 2. The lowest BCUT2D eigenvalue weighted by atomic mass is 10.2. The van der Waals surface area contributed by atoms with Crippen LogP contribution in [-0.2, 0) is 6.42 Å². The topological polar surface area (TPSA) is 40.7 Å². The molecule has 0 aliphatic heterocycles. The third-order valence-electron chi connectivity index (χ3n) is 1.75. The smallest absolute Gasteiger partial charge is 0.0519 e. The van der Waals surface area contributed by atoms with Gasteiger partial charge in [-0.15, -0.1) is 0 Å². The lowest BCUT2D eigenvalue weighted by Gasteiger charge is -2.06. The van der Waals surface area contributed by atoms with Crippen molar-refractivity contribution in [3.63, 3.8) is 0 Å². The summed E-state index contributed by atoms with van der Waals surface area (Å²) in [4.78, 5) is 0. The van der Waals surface area contributed by atoms with E-state index in [-0.39, 0.29) is 0 Å². The first kappa shape index (κ1) is 9.26. The molecule has 3 heteroatoms. The summed E-state index contributed by atoms with van der Waals surface area (Å²) in [5, 5.41) is 10.1. The van der Waals surface area contributed by atoms with Gasteiger partial charge in [0, 0.05) is 12.2 Å². The predicted molar refractivity (Wildman–Crippen MR) is 50.0 cm³/mol. The molecule has 1 aromatic rings. The summed E-state index contributed by atoms with van der Waals surface area (Å²) >= 11 is 0. The van der Waals surface area contributed by atoms with Gasteiger partial charge in [-0.3, -0.25) is 5.10 Å². The van der Waals surface area contributed by atoms with Gasteiger partial charge < -0.3 is 5.32 Å². The fraction of sp³-hybridized carbons (Fsp3) is 0.667. The third-order valence-corrected chi connectivity index (χ3v) is 1.75.